The van der Waals surface area contributed by atoms with Crippen LogP contribution >= 0.6 is 0 Å². The van der Waals surface area contributed by atoms with Gasteiger partial charge in [-0.15, -0.1) is 10.2 Å². The van der Waals surface area contributed by atoms with Gasteiger partial charge in [0.1, 0.15) is 0 Å². The Hall–Kier alpha value is -4.06. The highest BCUT2D eigenvalue weighted by Crippen LogP contribution is 2.26. The molecular formula is C23H19N5O. The first-order chi connectivity index (χ1) is 14.2. The van der Waals surface area contributed by atoms with E-state index in [1.165, 1.54) is 0 Å². The molecular weight excluding hydrogens is 362 g/mol. The molecule has 2 aromatic carbocycles. The van der Waals surface area contributed by atoms with Crippen molar-refractivity contribution in [2.45, 2.75) is 6.42 Å². The van der Waals surface area contributed by atoms with Crippen molar-refractivity contribution in [1.82, 2.24) is 15.2 Å². The number of hydrogen-bond acceptors (Lipinski definition) is 5. The van der Waals surface area contributed by atoms with Crippen LogP contribution in [0.4, 0.5) is 11.5 Å². The molecule has 1 amide bonds. The molecule has 0 bridgehead atoms. The maximum atomic E-state index is 12.0. The minimum absolute atomic E-state index is 0.469. The molecule has 0 saturated carbocycles. The molecule has 4 rings (SSSR count). The Labute approximate surface area is 168 Å². The average molecular weight is 381 g/mol. The standard InChI is InChI=1S/C23H19N5O/c24-23(29)18-7-4-8-21(19(18)15-16-11-13-25-14-12-16)26-22-10-9-20(27-28-22)17-5-2-1-3-6-17/h1-14H,15H2,(H2,24,29)(H,26,28). The lowest BCUT2D eigenvalue weighted by molar-refractivity contribution is 0.0999. The van der Waals surface area contributed by atoms with Gasteiger partial charge < -0.3 is 11.1 Å². The number of carbonyl (C=O) groups excluding carboxylic acids is 1. The van der Waals surface area contributed by atoms with Gasteiger partial charge >= 0.3 is 0 Å². The average Bonchev–Trinajstić information content (AvgIpc) is 2.76. The second kappa shape index (κ2) is 8.31. The SMILES string of the molecule is NC(=O)c1cccc(Nc2ccc(-c3ccccc3)nn2)c1Cc1ccncc1. The smallest absolute Gasteiger partial charge is 0.249 e. The number of hydrogen-bond donors (Lipinski definition) is 2. The van der Waals surface area contributed by atoms with Crippen molar-refractivity contribution in [2.24, 2.45) is 5.73 Å². The molecule has 142 valence electrons. The number of carbonyl (C=O) groups is 1. The monoisotopic (exact) mass is 381 g/mol. The Balaban J connectivity index is 1.64. The zero-order chi connectivity index (χ0) is 20.1. The van der Waals surface area contributed by atoms with Crippen molar-refractivity contribution < 1.29 is 4.79 Å². The molecule has 6 heteroatoms. The number of pyridine rings is 1. The van der Waals surface area contributed by atoms with E-state index < -0.39 is 5.91 Å². The summed E-state index contributed by atoms with van der Waals surface area (Å²) in [6.45, 7) is 0. The molecule has 0 atom stereocenters. The second-order valence-corrected chi connectivity index (χ2v) is 6.52. The Morgan fingerprint density at radius 1 is 0.862 bits per heavy atom. The van der Waals surface area contributed by atoms with E-state index in [2.05, 4.69) is 20.5 Å². The van der Waals surface area contributed by atoms with Gasteiger partial charge in [0.25, 0.3) is 0 Å². The number of nitrogens with two attached hydrogens (primary N) is 1. The largest absolute Gasteiger partial charge is 0.366 e. The molecule has 0 aliphatic heterocycles. The summed E-state index contributed by atoms with van der Waals surface area (Å²) in [5.74, 6) is 0.116. The molecule has 3 N–H and O–H groups in total. The highest BCUT2D eigenvalue weighted by Gasteiger charge is 2.14. The van der Waals surface area contributed by atoms with E-state index in [0.717, 1.165) is 28.1 Å². The third-order valence-corrected chi connectivity index (χ3v) is 4.57. The Morgan fingerprint density at radius 2 is 1.66 bits per heavy atom. The summed E-state index contributed by atoms with van der Waals surface area (Å²) in [6, 6.07) is 22.9. The quantitative estimate of drug-likeness (QED) is 0.527. The van der Waals surface area contributed by atoms with E-state index in [-0.39, 0.29) is 0 Å². The summed E-state index contributed by atoms with van der Waals surface area (Å²) in [5.41, 5.74) is 10.5. The van der Waals surface area contributed by atoms with Crippen LogP contribution in [0.1, 0.15) is 21.5 Å². The normalized spacial score (nSPS) is 10.5. The number of benzene rings is 2. The zero-order valence-corrected chi connectivity index (χ0v) is 15.6. The minimum Gasteiger partial charge on any atom is -0.366 e. The summed E-state index contributed by atoms with van der Waals surface area (Å²) in [5, 5.41) is 11.9. The number of amides is 1. The fourth-order valence-corrected chi connectivity index (χ4v) is 3.13. The fraction of sp³-hybridized carbons (Fsp3) is 0.0435. The van der Waals surface area contributed by atoms with Crippen molar-refractivity contribution in [2.75, 3.05) is 5.32 Å². The van der Waals surface area contributed by atoms with E-state index in [1.54, 1.807) is 24.5 Å². The summed E-state index contributed by atoms with van der Waals surface area (Å²) in [7, 11) is 0. The van der Waals surface area contributed by atoms with Crippen LogP contribution in [0.2, 0.25) is 0 Å². The third kappa shape index (κ3) is 4.27. The van der Waals surface area contributed by atoms with E-state index in [0.29, 0.717) is 17.8 Å². The Kier molecular flexibility index (Phi) is 5.25. The number of rotatable bonds is 6. The molecule has 4 aromatic rings. The van der Waals surface area contributed by atoms with Crippen molar-refractivity contribution >= 4 is 17.4 Å². The number of primary amides is 1. The van der Waals surface area contributed by atoms with Gasteiger partial charge in [0.05, 0.1) is 5.69 Å². The van der Waals surface area contributed by atoms with E-state index in [9.17, 15) is 4.79 Å². The van der Waals surface area contributed by atoms with Crippen LogP contribution in [0.15, 0.2) is 85.2 Å². The van der Waals surface area contributed by atoms with Gasteiger partial charge in [0.2, 0.25) is 5.91 Å². The third-order valence-electron chi connectivity index (χ3n) is 4.57. The van der Waals surface area contributed by atoms with Gasteiger partial charge in [0, 0.05) is 35.6 Å². The van der Waals surface area contributed by atoms with Gasteiger partial charge in [-0.1, -0.05) is 36.4 Å². The summed E-state index contributed by atoms with van der Waals surface area (Å²) < 4.78 is 0. The van der Waals surface area contributed by atoms with Crippen LogP contribution < -0.4 is 11.1 Å². The van der Waals surface area contributed by atoms with Crippen LogP contribution in [-0.4, -0.2) is 21.1 Å². The van der Waals surface area contributed by atoms with Crippen LogP contribution in [0.5, 0.6) is 0 Å². The highest BCUT2D eigenvalue weighted by molar-refractivity contribution is 5.96. The van der Waals surface area contributed by atoms with Gasteiger partial charge in [0.15, 0.2) is 5.82 Å². The number of nitrogens with zero attached hydrogens (tertiary/aromatic N) is 3. The Bertz CT molecular complexity index is 1110. The first-order valence-corrected chi connectivity index (χ1v) is 9.17. The van der Waals surface area contributed by atoms with Crippen LogP contribution in [-0.2, 0) is 6.42 Å². The molecule has 0 fully saturated rings. The predicted molar refractivity (Wildman–Crippen MR) is 113 cm³/mol. The molecule has 6 nitrogen and oxygen atoms in total. The maximum absolute atomic E-state index is 12.0. The lowest BCUT2D eigenvalue weighted by Gasteiger charge is -2.15. The number of nitrogens with one attached hydrogen (secondary N) is 1. The second-order valence-electron chi connectivity index (χ2n) is 6.52. The van der Waals surface area contributed by atoms with Crippen molar-refractivity contribution in [3.05, 3.63) is 102 Å². The van der Waals surface area contributed by atoms with Crippen LogP contribution in [0.25, 0.3) is 11.3 Å². The summed E-state index contributed by atoms with van der Waals surface area (Å²) >= 11 is 0. The molecule has 2 aromatic heterocycles. The van der Waals surface area contributed by atoms with Crippen LogP contribution in [0.3, 0.4) is 0 Å². The molecule has 0 radical (unpaired) electrons. The van der Waals surface area contributed by atoms with Crippen molar-refractivity contribution in [3.8, 4) is 11.3 Å². The first-order valence-electron chi connectivity index (χ1n) is 9.17. The van der Waals surface area contributed by atoms with Crippen molar-refractivity contribution in [3.63, 3.8) is 0 Å². The van der Waals surface area contributed by atoms with E-state index >= 15 is 0 Å². The summed E-state index contributed by atoms with van der Waals surface area (Å²) in [4.78, 5) is 16.0. The van der Waals surface area contributed by atoms with Gasteiger partial charge in [-0.3, -0.25) is 9.78 Å². The van der Waals surface area contributed by atoms with Gasteiger partial charge in [-0.2, -0.15) is 0 Å². The maximum Gasteiger partial charge on any atom is 0.249 e. The molecule has 0 aliphatic rings. The Morgan fingerprint density at radius 3 is 2.34 bits per heavy atom. The lowest BCUT2D eigenvalue weighted by atomic mass is 9.98. The van der Waals surface area contributed by atoms with Gasteiger partial charge in [-0.25, -0.2) is 0 Å². The molecule has 0 spiro atoms. The van der Waals surface area contributed by atoms with Crippen LogP contribution in [0, 0.1) is 0 Å². The van der Waals surface area contributed by atoms with E-state index in [4.69, 9.17) is 5.73 Å². The molecule has 0 unspecified atom stereocenters. The minimum atomic E-state index is -0.469. The first kappa shape index (κ1) is 18.3. The topological polar surface area (TPSA) is 93.8 Å². The molecule has 0 aliphatic carbocycles. The molecule has 29 heavy (non-hydrogen) atoms. The number of aromatic nitrogens is 3. The molecule has 0 saturated heterocycles. The van der Waals surface area contributed by atoms with E-state index in [1.807, 2.05) is 60.7 Å². The zero-order valence-electron chi connectivity index (χ0n) is 15.6. The summed E-state index contributed by atoms with van der Waals surface area (Å²) in [6.07, 6.45) is 3.99. The molecule has 2 heterocycles. The number of anilines is 2. The van der Waals surface area contributed by atoms with Gasteiger partial charge in [-0.05, 0) is 47.5 Å². The predicted octanol–water partition coefficient (Wildman–Crippen LogP) is 3.97. The fourth-order valence-electron chi connectivity index (χ4n) is 3.13. The van der Waals surface area contributed by atoms with Crippen molar-refractivity contribution in [1.29, 1.82) is 0 Å². The lowest BCUT2D eigenvalue weighted by Crippen LogP contribution is -2.15. The highest BCUT2D eigenvalue weighted by atomic mass is 16.1.